The molecule has 0 aromatic carbocycles. The summed E-state index contributed by atoms with van der Waals surface area (Å²) < 4.78 is 1.70. The van der Waals surface area contributed by atoms with Gasteiger partial charge in [0.05, 0.1) is 11.9 Å². The summed E-state index contributed by atoms with van der Waals surface area (Å²) >= 11 is 0. The van der Waals surface area contributed by atoms with E-state index in [0.29, 0.717) is 11.3 Å². The number of hydrogen-bond donors (Lipinski definition) is 3. The number of anilines is 1. The van der Waals surface area contributed by atoms with Crippen LogP contribution in [0.4, 0.5) is 5.69 Å². The minimum Gasteiger partial charge on any atom is -0.409 e. The van der Waals surface area contributed by atoms with Crippen molar-refractivity contribution in [2.45, 2.75) is 13.5 Å². The number of nitrogens with zero attached hydrogens (tertiary/aromatic N) is 4. The van der Waals surface area contributed by atoms with Crippen molar-refractivity contribution in [1.82, 2.24) is 14.8 Å². The van der Waals surface area contributed by atoms with Crippen molar-refractivity contribution in [2.24, 2.45) is 10.9 Å². The highest BCUT2D eigenvalue weighted by Crippen LogP contribution is 2.07. The topological polar surface area (TPSA) is 118 Å². The average molecular weight is 274 g/mol. The van der Waals surface area contributed by atoms with Gasteiger partial charge < -0.3 is 16.3 Å². The predicted molar refractivity (Wildman–Crippen MR) is 72.6 cm³/mol. The van der Waals surface area contributed by atoms with Gasteiger partial charge in [-0.3, -0.25) is 14.5 Å². The first kappa shape index (κ1) is 13.5. The third-order valence-corrected chi connectivity index (χ3v) is 2.61. The number of nitrogens with one attached hydrogen (secondary N) is 1. The van der Waals surface area contributed by atoms with Crippen molar-refractivity contribution < 1.29 is 10.0 Å². The molecule has 0 unspecified atom stereocenters. The van der Waals surface area contributed by atoms with E-state index >= 15 is 0 Å². The van der Waals surface area contributed by atoms with Crippen LogP contribution in [0.15, 0.2) is 35.9 Å². The van der Waals surface area contributed by atoms with Crippen molar-refractivity contribution in [3.8, 4) is 0 Å². The number of aryl methyl sites for hydroxylation is 1. The minimum atomic E-state index is -0.355. The van der Waals surface area contributed by atoms with E-state index in [0.717, 1.165) is 6.54 Å². The maximum atomic E-state index is 11.9. The standard InChI is InChI=1S/C12H14N6O2/c1-2-18-7-9(6-15-18)16-12(19)10-4-3-8(5-14-10)11(13)17-20/h3-7,20H,2H2,1H3,(H2,13,17)(H,16,19). The predicted octanol–water partition coefficient (Wildman–Crippen LogP) is 0.645. The number of rotatable bonds is 4. The van der Waals surface area contributed by atoms with Gasteiger partial charge in [-0.1, -0.05) is 5.16 Å². The summed E-state index contributed by atoms with van der Waals surface area (Å²) in [6.45, 7) is 2.68. The molecule has 0 saturated carbocycles. The molecular formula is C12H14N6O2. The quantitative estimate of drug-likeness (QED) is 0.327. The molecule has 1 amide bonds. The van der Waals surface area contributed by atoms with Gasteiger partial charge in [-0.25, -0.2) is 0 Å². The molecule has 2 aromatic heterocycles. The molecule has 0 aliphatic heterocycles. The van der Waals surface area contributed by atoms with Gasteiger partial charge >= 0.3 is 0 Å². The zero-order chi connectivity index (χ0) is 14.5. The summed E-state index contributed by atoms with van der Waals surface area (Å²) in [5, 5.41) is 18.1. The Kier molecular flexibility index (Phi) is 3.94. The zero-order valence-corrected chi connectivity index (χ0v) is 10.8. The molecule has 20 heavy (non-hydrogen) atoms. The van der Waals surface area contributed by atoms with E-state index in [-0.39, 0.29) is 17.4 Å². The first-order chi connectivity index (χ1) is 9.63. The van der Waals surface area contributed by atoms with Crippen LogP contribution < -0.4 is 11.1 Å². The Morgan fingerprint density at radius 3 is 2.85 bits per heavy atom. The summed E-state index contributed by atoms with van der Waals surface area (Å²) in [5.41, 5.74) is 6.67. The molecule has 2 rings (SSSR count). The highest BCUT2D eigenvalue weighted by atomic mass is 16.4. The monoisotopic (exact) mass is 274 g/mol. The zero-order valence-electron chi connectivity index (χ0n) is 10.8. The molecule has 0 atom stereocenters. The van der Waals surface area contributed by atoms with Crippen molar-refractivity contribution in [3.05, 3.63) is 42.0 Å². The van der Waals surface area contributed by atoms with E-state index in [1.54, 1.807) is 23.1 Å². The first-order valence-corrected chi connectivity index (χ1v) is 5.91. The van der Waals surface area contributed by atoms with Crippen molar-refractivity contribution in [3.63, 3.8) is 0 Å². The summed E-state index contributed by atoms with van der Waals surface area (Å²) in [5.74, 6) is -0.416. The van der Waals surface area contributed by atoms with Crippen LogP contribution in [0.25, 0.3) is 0 Å². The Balaban J connectivity index is 2.09. The van der Waals surface area contributed by atoms with Crippen LogP contribution in [0.3, 0.4) is 0 Å². The molecular weight excluding hydrogens is 260 g/mol. The first-order valence-electron chi connectivity index (χ1n) is 5.91. The van der Waals surface area contributed by atoms with E-state index in [1.807, 2.05) is 6.92 Å². The number of hydrogen-bond acceptors (Lipinski definition) is 5. The number of pyridine rings is 1. The number of aromatic nitrogens is 3. The fraction of sp³-hybridized carbons (Fsp3) is 0.167. The highest BCUT2D eigenvalue weighted by Gasteiger charge is 2.09. The minimum absolute atomic E-state index is 0.0614. The van der Waals surface area contributed by atoms with E-state index in [2.05, 4.69) is 20.6 Å². The number of amides is 1. The molecule has 104 valence electrons. The van der Waals surface area contributed by atoms with Gasteiger partial charge in [-0.15, -0.1) is 0 Å². The van der Waals surface area contributed by atoms with Crippen LogP contribution in [0.5, 0.6) is 0 Å². The van der Waals surface area contributed by atoms with Gasteiger partial charge in [-0.05, 0) is 19.1 Å². The second-order valence-corrected chi connectivity index (χ2v) is 3.96. The fourth-order valence-electron chi connectivity index (χ4n) is 1.53. The number of carbonyl (C=O) groups is 1. The van der Waals surface area contributed by atoms with Gasteiger partial charge in [0.25, 0.3) is 5.91 Å². The Labute approximate surface area is 114 Å². The molecule has 0 aliphatic carbocycles. The van der Waals surface area contributed by atoms with Crippen molar-refractivity contribution in [1.29, 1.82) is 0 Å². The molecule has 8 heteroatoms. The second kappa shape index (κ2) is 5.83. The van der Waals surface area contributed by atoms with Gasteiger partial charge in [0.15, 0.2) is 5.84 Å². The van der Waals surface area contributed by atoms with E-state index < -0.39 is 0 Å². The van der Waals surface area contributed by atoms with Crippen LogP contribution >= 0.6 is 0 Å². The third-order valence-electron chi connectivity index (χ3n) is 2.61. The lowest BCUT2D eigenvalue weighted by molar-refractivity contribution is 0.102. The van der Waals surface area contributed by atoms with Gasteiger partial charge in [0.1, 0.15) is 5.69 Å². The van der Waals surface area contributed by atoms with Gasteiger partial charge in [0.2, 0.25) is 0 Å². The van der Waals surface area contributed by atoms with Crippen LogP contribution in [0.2, 0.25) is 0 Å². The van der Waals surface area contributed by atoms with Crippen LogP contribution in [-0.2, 0) is 6.54 Å². The average Bonchev–Trinajstić information content (AvgIpc) is 2.94. The van der Waals surface area contributed by atoms with Crippen molar-refractivity contribution in [2.75, 3.05) is 5.32 Å². The number of oxime groups is 1. The lowest BCUT2D eigenvalue weighted by Gasteiger charge is -2.03. The molecule has 2 heterocycles. The number of amidine groups is 1. The van der Waals surface area contributed by atoms with Gasteiger partial charge in [-0.2, -0.15) is 5.10 Å². The molecule has 0 spiro atoms. The van der Waals surface area contributed by atoms with Gasteiger partial charge in [0, 0.05) is 24.5 Å². The lowest BCUT2D eigenvalue weighted by Crippen LogP contribution is -2.16. The summed E-state index contributed by atoms with van der Waals surface area (Å²) in [6.07, 6.45) is 4.65. The van der Waals surface area contributed by atoms with Crippen LogP contribution in [-0.4, -0.2) is 31.7 Å². The number of carbonyl (C=O) groups excluding carboxylic acids is 1. The Bertz CT molecular complexity index is 632. The highest BCUT2D eigenvalue weighted by molar-refractivity contribution is 6.03. The smallest absolute Gasteiger partial charge is 0.274 e. The molecule has 0 fully saturated rings. The third kappa shape index (κ3) is 2.91. The summed E-state index contributed by atoms with van der Waals surface area (Å²) in [4.78, 5) is 15.9. The van der Waals surface area contributed by atoms with E-state index in [4.69, 9.17) is 10.9 Å². The van der Waals surface area contributed by atoms with E-state index in [1.165, 1.54) is 12.3 Å². The maximum Gasteiger partial charge on any atom is 0.274 e. The maximum absolute atomic E-state index is 11.9. The Morgan fingerprint density at radius 2 is 2.30 bits per heavy atom. The molecule has 4 N–H and O–H groups in total. The molecule has 0 aliphatic rings. The number of nitrogens with two attached hydrogens (primary N) is 1. The fourth-order valence-corrected chi connectivity index (χ4v) is 1.53. The molecule has 0 bridgehead atoms. The molecule has 8 nitrogen and oxygen atoms in total. The normalized spacial score (nSPS) is 11.3. The Morgan fingerprint density at radius 1 is 1.50 bits per heavy atom. The molecule has 0 radical (unpaired) electrons. The van der Waals surface area contributed by atoms with Crippen molar-refractivity contribution >= 4 is 17.4 Å². The summed E-state index contributed by atoms with van der Waals surface area (Å²) in [6, 6.07) is 3.04. The second-order valence-electron chi connectivity index (χ2n) is 3.96. The van der Waals surface area contributed by atoms with Crippen LogP contribution in [0, 0.1) is 0 Å². The van der Waals surface area contributed by atoms with E-state index in [9.17, 15) is 4.79 Å². The SMILES string of the molecule is CCn1cc(NC(=O)c2ccc(C(N)=NO)cn2)cn1. The molecule has 2 aromatic rings. The molecule has 0 saturated heterocycles. The Hall–Kier alpha value is -2.90. The summed E-state index contributed by atoms with van der Waals surface area (Å²) in [7, 11) is 0. The lowest BCUT2D eigenvalue weighted by atomic mass is 10.2. The van der Waals surface area contributed by atoms with Crippen LogP contribution in [0.1, 0.15) is 23.0 Å². The largest absolute Gasteiger partial charge is 0.409 e.